The van der Waals surface area contributed by atoms with Gasteiger partial charge >= 0.3 is 0 Å². The Balaban J connectivity index is 2.62. The third-order valence-electron chi connectivity index (χ3n) is 14.8. The Morgan fingerprint density at radius 2 is 0.587 bits per heavy atom. The molecular formula is C58H118N4O. The maximum Gasteiger partial charge on any atom is 0.223 e. The van der Waals surface area contributed by atoms with Gasteiger partial charge in [0.15, 0.2) is 0 Å². The van der Waals surface area contributed by atoms with Crippen LogP contribution in [0.4, 0.5) is 0 Å². The predicted molar refractivity (Wildman–Crippen MR) is 282 cm³/mol. The second-order valence-corrected chi connectivity index (χ2v) is 20.8. The van der Waals surface area contributed by atoms with Crippen LogP contribution in [0.3, 0.4) is 0 Å². The van der Waals surface area contributed by atoms with Crippen molar-refractivity contribution in [1.29, 1.82) is 0 Å². The molecule has 0 N–H and O–H groups in total. The quantitative estimate of drug-likeness (QED) is 0.0569. The second-order valence-electron chi connectivity index (χ2n) is 20.8. The minimum Gasteiger partial charge on any atom is -0.343 e. The van der Waals surface area contributed by atoms with Crippen LogP contribution in [0.2, 0.25) is 0 Å². The Bertz CT molecular complexity index is 869. The third kappa shape index (κ3) is 39.1. The SMILES string of the molecule is CCCCCCCCCN(CCCCCCCCC)CCCC1CCN(C(=O)CCN(CCCCCCCCC)CCN(CCCCCCCCC)CCCCCCCCC)CC1. The number of rotatable bonds is 50. The van der Waals surface area contributed by atoms with Gasteiger partial charge in [0.2, 0.25) is 5.91 Å². The number of nitrogens with zero attached hydrogens (tertiary/aromatic N) is 4. The molecule has 0 aromatic heterocycles. The Hall–Kier alpha value is -0.650. The van der Waals surface area contributed by atoms with Crippen molar-refractivity contribution >= 4 is 5.91 Å². The molecule has 1 heterocycles. The number of piperidine rings is 1. The Morgan fingerprint density at radius 3 is 0.905 bits per heavy atom. The molecule has 0 saturated carbocycles. The second kappa shape index (κ2) is 47.8. The zero-order chi connectivity index (χ0) is 45.5. The van der Waals surface area contributed by atoms with E-state index in [2.05, 4.69) is 54.2 Å². The topological polar surface area (TPSA) is 30.0 Å². The van der Waals surface area contributed by atoms with Gasteiger partial charge in [0.05, 0.1) is 0 Å². The van der Waals surface area contributed by atoms with Gasteiger partial charge < -0.3 is 19.6 Å². The maximum atomic E-state index is 13.7. The number of hydrogen-bond acceptors (Lipinski definition) is 4. The number of unbranched alkanes of at least 4 members (excludes halogenated alkanes) is 30. The molecule has 0 radical (unpaired) electrons. The summed E-state index contributed by atoms with van der Waals surface area (Å²) in [5.41, 5.74) is 0. The Labute approximate surface area is 398 Å². The van der Waals surface area contributed by atoms with Crippen LogP contribution in [0.5, 0.6) is 0 Å². The average molecular weight is 888 g/mol. The van der Waals surface area contributed by atoms with Crippen molar-refractivity contribution in [1.82, 2.24) is 19.6 Å². The molecule has 1 amide bonds. The van der Waals surface area contributed by atoms with Crippen LogP contribution < -0.4 is 0 Å². The van der Waals surface area contributed by atoms with E-state index in [4.69, 9.17) is 0 Å². The summed E-state index contributed by atoms with van der Waals surface area (Å²) in [6.45, 7) is 24.4. The number of carbonyl (C=O) groups is 1. The molecular weight excluding hydrogens is 769 g/mol. The van der Waals surface area contributed by atoms with Crippen molar-refractivity contribution in [2.24, 2.45) is 5.92 Å². The van der Waals surface area contributed by atoms with E-state index in [9.17, 15) is 4.79 Å². The standard InChI is InChI=1S/C58H118N4O/c1-6-11-16-21-26-31-36-46-59(47-37-32-27-22-17-12-7-2)51-41-42-57-43-53-62(54-44-57)58(63)45-52-61(50-40-35-30-25-20-15-10-5)56-55-60(48-38-33-28-23-18-13-8-3)49-39-34-29-24-19-14-9-4/h57H,6-56H2,1-5H3. The third-order valence-corrected chi connectivity index (χ3v) is 14.8. The van der Waals surface area contributed by atoms with Crippen LogP contribution in [0.15, 0.2) is 0 Å². The summed E-state index contributed by atoms with van der Waals surface area (Å²) in [5.74, 6) is 1.23. The van der Waals surface area contributed by atoms with Crippen molar-refractivity contribution in [3.63, 3.8) is 0 Å². The number of hydrogen-bond donors (Lipinski definition) is 0. The molecule has 1 saturated heterocycles. The summed E-state index contributed by atoms with van der Waals surface area (Å²) >= 11 is 0. The highest BCUT2D eigenvalue weighted by Gasteiger charge is 2.23. The predicted octanol–water partition coefficient (Wildman–Crippen LogP) is 17.1. The molecule has 5 heteroatoms. The molecule has 0 atom stereocenters. The van der Waals surface area contributed by atoms with Crippen LogP contribution in [-0.4, -0.2) is 97.5 Å². The fourth-order valence-corrected chi connectivity index (χ4v) is 10.2. The fourth-order valence-electron chi connectivity index (χ4n) is 10.2. The first-order chi connectivity index (χ1) is 31.1. The fraction of sp³-hybridized carbons (Fsp3) is 0.983. The van der Waals surface area contributed by atoms with Crippen molar-refractivity contribution < 1.29 is 4.79 Å². The summed E-state index contributed by atoms with van der Waals surface area (Å²) in [7, 11) is 0. The molecule has 0 spiro atoms. The van der Waals surface area contributed by atoms with Gasteiger partial charge in [-0.15, -0.1) is 0 Å². The summed E-state index contributed by atoms with van der Waals surface area (Å²) in [6, 6.07) is 0. The molecule has 0 aromatic rings. The molecule has 0 unspecified atom stereocenters. The van der Waals surface area contributed by atoms with Crippen molar-refractivity contribution in [3.05, 3.63) is 0 Å². The minimum absolute atomic E-state index is 0.427. The van der Waals surface area contributed by atoms with E-state index in [0.717, 1.165) is 32.1 Å². The lowest BCUT2D eigenvalue weighted by molar-refractivity contribution is -0.133. The smallest absolute Gasteiger partial charge is 0.223 e. The van der Waals surface area contributed by atoms with E-state index in [1.54, 1.807) is 0 Å². The first-order valence-corrected chi connectivity index (χ1v) is 29.5. The summed E-state index contributed by atoms with van der Waals surface area (Å²) in [6.07, 6.45) is 54.5. The maximum absolute atomic E-state index is 13.7. The van der Waals surface area contributed by atoms with Crippen molar-refractivity contribution in [2.45, 2.75) is 291 Å². The van der Waals surface area contributed by atoms with Gasteiger partial charge in [0, 0.05) is 39.1 Å². The molecule has 1 rings (SSSR count). The first kappa shape index (κ1) is 60.4. The molecule has 0 bridgehead atoms. The van der Waals surface area contributed by atoms with E-state index in [1.807, 2.05) is 0 Å². The van der Waals surface area contributed by atoms with E-state index in [1.165, 1.54) is 296 Å². The van der Waals surface area contributed by atoms with Crippen LogP contribution in [0.1, 0.15) is 291 Å². The molecule has 1 aliphatic rings. The van der Waals surface area contributed by atoms with Gasteiger partial charge in [-0.2, -0.15) is 0 Å². The molecule has 5 nitrogen and oxygen atoms in total. The van der Waals surface area contributed by atoms with Gasteiger partial charge in [-0.25, -0.2) is 0 Å². The Kier molecular flexibility index (Phi) is 45.8. The summed E-state index contributed by atoms with van der Waals surface area (Å²) in [5, 5.41) is 0. The van der Waals surface area contributed by atoms with E-state index in [0.29, 0.717) is 12.3 Å². The molecule has 1 aliphatic heterocycles. The summed E-state index contributed by atoms with van der Waals surface area (Å²) in [4.78, 5) is 24.3. The van der Waals surface area contributed by atoms with Crippen molar-refractivity contribution in [3.8, 4) is 0 Å². The largest absolute Gasteiger partial charge is 0.343 e. The minimum atomic E-state index is 0.427. The lowest BCUT2D eigenvalue weighted by Gasteiger charge is -2.33. The average Bonchev–Trinajstić information content (AvgIpc) is 3.30. The van der Waals surface area contributed by atoms with E-state index < -0.39 is 0 Å². The van der Waals surface area contributed by atoms with E-state index >= 15 is 0 Å². The lowest BCUT2D eigenvalue weighted by atomic mass is 9.92. The number of likely N-dealkylation sites (tertiary alicyclic amines) is 1. The lowest BCUT2D eigenvalue weighted by Crippen LogP contribution is -2.41. The van der Waals surface area contributed by atoms with Crippen LogP contribution in [0.25, 0.3) is 0 Å². The van der Waals surface area contributed by atoms with Gasteiger partial charge in [0.25, 0.3) is 0 Å². The monoisotopic (exact) mass is 887 g/mol. The summed E-state index contributed by atoms with van der Waals surface area (Å²) < 4.78 is 0. The van der Waals surface area contributed by atoms with Crippen LogP contribution >= 0.6 is 0 Å². The van der Waals surface area contributed by atoms with Gasteiger partial charge in [-0.1, -0.05) is 227 Å². The highest BCUT2D eigenvalue weighted by molar-refractivity contribution is 5.76. The molecule has 0 aliphatic carbocycles. The first-order valence-electron chi connectivity index (χ1n) is 29.5. The number of amides is 1. The highest BCUT2D eigenvalue weighted by atomic mass is 16.2. The van der Waals surface area contributed by atoms with Gasteiger partial charge in [-0.05, 0) is 103 Å². The van der Waals surface area contributed by atoms with Gasteiger partial charge in [0.1, 0.15) is 0 Å². The molecule has 0 aromatic carbocycles. The zero-order valence-electron chi connectivity index (χ0n) is 44.3. The normalized spacial score (nSPS) is 13.7. The van der Waals surface area contributed by atoms with Crippen molar-refractivity contribution in [2.75, 3.05) is 72.0 Å². The van der Waals surface area contributed by atoms with E-state index in [-0.39, 0.29) is 0 Å². The molecule has 376 valence electrons. The Morgan fingerprint density at radius 1 is 0.333 bits per heavy atom. The van der Waals surface area contributed by atoms with Crippen LogP contribution in [-0.2, 0) is 4.79 Å². The van der Waals surface area contributed by atoms with Gasteiger partial charge in [-0.3, -0.25) is 4.79 Å². The molecule has 63 heavy (non-hydrogen) atoms. The molecule has 1 fully saturated rings. The zero-order valence-corrected chi connectivity index (χ0v) is 44.3. The van der Waals surface area contributed by atoms with Crippen LogP contribution in [0, 0.1) is 5.92 Å². The highest BCUT2D eigenvalue weighted by Crippen LogP contribution is 2.23. The number of carbonyl (C=O) groups excluding carboxylic acids is 1.